The number of carbonyl (C=O) groups is 1. The zero-order chi connectivity index (χ0) is 18.9. The van der Waals surface area contributed by atoms with Gasteiger partial charge in [-0.1, -0.05) is 0 Å². The quantitative estimate of drug-likeness (QED) is 0.696. The number of amides is 1. The molecule has 8 nitrogen and oxygen atoms in total. The molecule has 3 aromatic rings. The van der Waals surface area contributed by atoms with E-state index in [9.17, 15) is 4.79 Å². The molecule has 5 rings (SSSR count). The lowest BCUT2D eigenvalue weighted by Crippen LogP contribution is -2.41. The minimum atomic E-state index is -0.0333. The first-order valence-corrected chi connectivity index (χ1v) is 9.50. The van der Waals surface area contributed by atoms with Crippen molar-refractivity contribution in [2.45, 2.75) is 59.0 Å². The summed E-state index contributed by atoms with van der Waals surface area (Å²) in [5, 5.41) is 13.3. The van der Waals surface area contributed by atoms with E-state index in [0.717, 1.165) is 23.0 Å². The van der Waals surface area contributed by atoms with Crippen LogP contribution in [0.25, 0.3) is 5.65 Å². The number of hydrogen-bond donors (Lipinski definition) is 0. The summed E-state index contributed by atoms with van der Waals surface area (Å²) in [5.74, 6) is 2.48. The molecule has 0 saturated heterocycles. The first-order chi connectivity index (χ1) is 12.9. The van der Waals surface area contributed by atoms with Crippen LogP contribution in [0.2, 0.25) is 0 Å². The normalized spacial score (nSPS) is 19.6. The lowest BCUT2D eigenvalue weighted by Gasteiger charge is -2.32. The van der Waals surface area contributed by atoms with E-state index in [1.54, 1.807) is 4.52 Å². The van der Waals surface area contributed by atoms with Crippen molar-refractivity contribution in [1.29, 1.82) is 0 Å². The molecule has 140 valence electrons. The molecule has 1 aliphatic heterocycles. The average molecular weight is 365 g/mol. The fraction of sp³-hybridized carbons (Fsp3) is 0.526. The minimum Gasteiger partial charge on any atom is -0.329 e. The summed E-state index contributed by atoms with van der Waals surface area (Å²) < 4.78 is 3.99. The molecule has 1 atom stereocenters. The van der Waals surface area contributed by atoms with Gasteiger partial charge in [0.05, 0.1) is 18.3 Å². The van der Waals surface area contributed by atoms with E-state index in [1.807, 2.05) is 31.7 Å². The molecule has 1 saturated carbocycles. The molecule has 2 aliphatic rings. The van der Waals surface area contributed by atoms with Crippen molar-refractivity contribution in [1.82, 2.24) is 34.3 Å². The fourth-order valence-corrected chi connectivity index (χ4v) is 4.17. The van der Waals surface area contributed by atoms with Gasteiger partial charge in [0.1, 0.15) is 11.4 Å². The summed E-state index contributed by atoms with van der Waals surface area (Å²) in [6.07, 6.45) is 2.39. The molecule has 3 aromatic heterocycles. The smallest absolute Gasteiger partial charge is 0.260 e. The number of rotatable bonds is 2. The highest BCUT2D eigenvalue weighted by Gasteiger charge is 2.36. The minimum absolute atomic E-state index is 0.0333. The highest BCUT2D eigenvalue weighted by atomic mass is 16.2. The van der Waals surface area contributed by atoms with Crippen LogP contribution in [0, 0.1) is 20.8 Å². The topological polar surface area (TPSA) is 81.2 Å². The third-order valence-electron chi connectivity index (χ3n) is 5.56. The van der Waals surface area contributed by atoms with E-state index < -0.39 is 0 Å². The Labute approximate surface area is 157 Å². The van der Waals surface area contributed by atoms with Gasteiger partial charge in [0.2, 0.25) is 0 Å². The monoisotopic (exact) mass is 365 g/mol. The third kappa shape index (κ3) is 2.46. The Morgan fingerprint density at radius 3 is 2.70 bits per heavy atom. The Bertz CT molecular complexity index is 1080. The molecule has 1 aliphatic carbocycles. The van der Waals surface area contributed by atoms with Crippen LogP contribution >= 0.6 is 0 Å². The lowest BCUT2D eigenvalue weighted by atomic mass is 10.1. The Kier molecular flexibility index (Phi) is 3.41. The summed E-state index contributed by atoms with van der Waals surface area (Å²) in [7, 11) is 0. The van der Waals surface area contributed by atoms with E-state index in [0.29, 0.717) is 35.9 Å². The van der Waals surface area contributed by atoms with Crippen LogP contribution in [0.5, 0.6) is 0 Å². The molecule has 0 radical (unpaired) electrons. The van der Waals surface area contributed by atoms with Gasteiger partial charge >= 0.3 is 0 Å². The molecular weight excluding hydrogens is 342 g/mol. The zero-order valence-corrected chi connectivity index (χ0v) is 16.1. The maximum absolute atomic E-state index is 13.4. The Hall–Kier alpha value is -2.77. The number of aryl methyl sites for hydroxylation is 3. The van der Waals surface area contributed by atoms with Crippen molar-refractivity contribution in [3.63, 3.8) is 0 Å². The second kappa shape index (κ2) is 5.61. The molecule has 4 heterocycles. The van der Waals surface area contributed by atoms with Gasteiger partial charge in [-0.25, -0.2) is 9.50 Å². The summed E-state index contributed by atoms with van der Waals surface area (Å²) >= 11 is 0. The van der Waals surface area contributed by atoms with Gasteiger partial charge in [0.15, 0.2) is 11.5 Å². The van der Waals surface area contributed by atoms with E-state index >= 15 is 0 Å². The molecule has 1 fully saturated rings. The lowest BCUT2D eigenvalue weighted by molar-refractivity contribution is 0.0680. The van der Waals surface area contributed by atoms with Crippen molar-refractivity contribution in [2.75, 3.05) is 6.54 Å². The molecule has 0 bridgehead atoms. The van der Waals surface area contributed by atoms with E-state index in [1.165, 1.54) is 12.8 Å². The number of nitrogens with zero attached hydrogens (tertiary/aromatic N) is 7. The van der Waals surface area contributed by atoms with Gasteiger partial charge in [0.25, 0.3) is 5.91 Å². The summed E-state index contributed by atoms with van der Waals surface area (Å²) in [5.41, 5.74) is 3.78. The largest absolute Gasteiger partial charge is 0.329 e. The van der Waals surface area contributed by atoms with Crippen LogP contribution in [0.3, 0.4) is 0 Å². The second-order valence-corrected chi connectivity index (χ2v) is 7.89. The van der Waals surface area contributed by atoms with Crippen molar-refractivity contribution in [2.24, 2.45) is 0 Å². The van der Waals surface area contributed by atoms with Gasteiger partial charge in [-0.05, 0) is 46.6 Å². The van der Waals surface area contributed by atoms with Crippen molar-refractivity contribution >= 4 is 11.6 Å². The molecule has 0 unspecified atom stereocenters. The maximum Gasteiger partial charge on any atom is 0.260 e. The summed E-state index contributed by atoms with van der Waals surface area (Å²) in [4.78, 5) is 19.8. The van der Waals surface area contributed by atoms with Crippen LogP contribution in [0.15, 0.2) is 6.07 Å². The Balaban J connectivity index is 1.53. The Morgan fingerprint density at radius 2 is 1.96 bits per heavy atom. The van der Waals surface area contributed by atoms with Crippen LogP contribution in [0.1, 0.15) is 70.8 Å². The van der Waals surface area contributed by atoms with Gasteiger partial charge in [0, 0.05) is 23.9 Å². The second-order valence-electron chi connectivity index (χ2n) is 7.89. The predicted molar refractivity (Wildman–Crippen MR) is 98.6 cm³/mol. The molecule has 0 N–H and O–H groups in total. The van der Waals surface area contributed by atoms with Crippen LogP contribution in [0.4, 0.5) is 0 Å². The number of fused-ring (bicyclic) bond motifs is 2. The molecule has 0 spiro atoms. The SMILES string of the molecule is Cc1cc(C)n2nc(C)c(C(=O)N3Cc4nnc(C5CC5)n4[C@@H](C)C3)c2n1. The zero-order valence-electron chi connectivity index (χ0n) is 16.1. The summed E-state index contributed by atoms with van der Waals surface area (Å²) in [6.45, 7) is 9.04. The molecular formula is C19H23N7O. The van der Waals surface area contributed by atoms with Gasteiger partial charge in [-0.2, -0.15) is 5.10 Å². The molecule has 27 heavy (non-hydrogen) atoms. The van der Waals surface area contributed by atoms with Crippen molar-refractivity contribution in [3.05, 3.63) is 40.4 Å². The first-order valence-electron chi connectivity index (χ1n) is 9.50. The molecule has 1 amide bonds. The van der Waals surface area contributed by atoms with E-state index in [-0.39, 0.29) is 11.9 Å². The van der Waals surface area contributed by atoms with Gasteiger partial charge in [-0.15, -0.1) is 10.2 Å². The highest BCUT2D eigenvalue weighted by molar-refractivity contribution is 6.01. The van der Waals surface area contributed by atoms with Crippen LogP contribution in [-0.4, -0.2) is 46.7 Å². The fourth-order valence-electron chi connectivity index (χ4n) is 4.17. The number of aromatic nitrogens is 6. The molecule has 8 heteroatoms. The van der Waals surface area contributed by atoms with E-state index in [4.69, 9.17) is 0 Å². The Morgan fingerprint density at radius 1 is 1.19 bits per heavy atom. The predicted octanol–water partition coefficient (Wildman–Crippen LogP) is 2.34. The van der Waals surface area contributed by atoms with Crippen molar-refractivity contribution < 1.29 is 4.79 Å². The van der Waals surface area contributed by atoms with E-state index in [2.05, 4.69) is 31.8 Å². The van der Waals surface area contributed by atoms with Crippen molar-refractivity contribution in [3.8, 4) is 0 Å². The van der Waals surface area contributed by atoms with Gasteiger partial charge < -0.3 is 9.47 Å². The number of carbonyl (C=O) groups excluding carboxylic acids is 1. The standard InChI is InChI=1S/C19H23N7O/c1-10-7-11(2)26-18(20-10)16(13(4)23-26)19(27)24-8-12(3)25-15(9-24)21-22-17(25)14-5-6-14/h7,12,14H,5-6,8-9H2,1-4H3/t12-/m0/s1. The van der Waals surface area contributed by atoms with Gasteiger partial charge in [-0.3, -0.25) is 4.79 Å². The van der Waals surface area contributed by atoms with Crippen LogP contribution < -0.4 is 0 Å². The first kappa shape index (κ1) is 16.4. The number of hydrogen-bond acceptors (Lipinski definition) is 5. The third-order valence-corrected chi connectivity index (χ3v) is 5.56. The highest BCUT2D eigenvalue weighted by Crippen LogP contribution is 2.41. The summed E-state index contributed by atoms with van der Waals surface area (Å²) in [6, 6.07) is 2.14. The maximum atomic E-state index is 13.4. The average Bonchev–Trinajstić information content (AvgIpc) is 3.27. The van der Waals surface area contributed by atoms with Crippen LogP contribution in [-0.2, 0) is 6.54 Å². The molecule has 0 aromatic carbocycles.